The highest BCUT2D eigenvalue weighted by atomic mass is 16.5. The van der Waals surface area contributed by atoms with Crippen molar-refractivity contribution in [2.75, 3.05) is 18.5 Å². The molecule has 0 bridgehead atoms. The zero-order chi connectivity index (χ0) is 19.4. The number of hydrogen-bond acceptors (Lipinski definition) is 8. The first-order valence-electron chi connectivity index (χ1n) is 8.51. The van der Waals surface area contributed by atoms with Gasteiger partial charge in [0.1, 0.15) is 16.9 Å². The summed E-state index contributed by atoms with van der Waals surface area (Å²) < 4.78 is 15.7. The van der Waals surface area contributed by atoms with E-state index in [1.54, 1.807) is 20.8 Å². The highest BCUT2D eigenvalue weighted by molar-refractivity contribution is 6.07. The molecular formula is C19H19N3O5. The Kier molecular flexibility index (Phi) is 5.35. The molecular weight excluding hydrogens is 350 g/mol. The highest BCUT2D eigenvalue weighted by Crippen LogP contribution is 2.31. The zero-order valence-electron chi connectivity index (χ0n) is 15.2. The summed E-state index contributed by atoms with van der Waals surface area (Å²) in [5, 5.41) is 2.91. The van der Waals surface area contributed by atoms with E-state index in [2.05, 4.69) is 15.3 Å². The third-order valence-electron chi connectivity index (χ3n) is 3.73. The van der Waals surface area contributed by atoms with Crippen LogP contribution >= 0.6 is 0 Å². The smallest absolute Gasteiger partial charge is 0.344 e. The highest BCUT2D eigenvalue weighted by Gasteiger charge is 2.30. The van der Waals surface area contributed by atoms with Crippen LogP contribution in [0.1, 0.15) is 40.3 Å². The number of rotatable bonds is 6. The number of aryl methyl sites for hydroxylation is 1. The van der Waals surface area contributed by atoms with Crippen LogP contribution in [0.2, 0.25) is 0 Å². The number of fused-ring (bicyclic) bond motifs is 1. The number of carbonyl (C=O) groups excluding carboxylic acids is 2. The van der Waals surface area contributed by atoms with Crippen LogP contribution in [-0.2, 0) is 9.47 Å². The molecule has 3 rings (SSSR count). The average molecular weight is 369 g/mol. The van der Waals surface area contributed by atoms with Gasteiger partial charge in [-0.25, -0.2) is 14.6 Å². The second-order valence-corrected chi connectivity index (χ2v) is 5.55. The van der Waals surface area contributed by atoms with Crippen molar-refractivity contribution in [1.82, 2.24) is 9.97 Å². The molecule has 2 aromatic heterocycles. The van der Waals surface area contributed by atoms with E-state index >= 15 is 0 Å². The Hall–Kier alpha value is -3.42. The fourth-order valence-electron chi connectivity index (χ4n) is 2.61. The van der Waals surface area contributed by atoms with Crippen molar-refractivity contribution in [2.24, 2.45) is 0 Å². The average Bonchev–Trinajstić information content (AvgIpc) is 2.98. The van der Waals surface area contributed by atoms with E-state index in [1.165, 1.54) is 6.20 Å². The summed E-state index contributed by atoms with van der Waals surface area (Å²) in [5.74, 6) is -0.678. The van der Waals surface area contributed by atoms with Gasteiger partial charge in [0.25, 0.3) is 0 Å². The number of carbonyl (C=O) groups is 2. The third kappa shape index (κ3) is 3.74. The van der Waals surface area contributed by atoms with E-state index < -0.39 is 11.9 Å². The first kappa shape index (κ1) is 18.4. The lowest BCUT2D eigenvalue weighted by Gasteiger charge is -2.07. The Labute approximate surface area is 155 Å². The minimum atomic E-state index is -0.686. The van der Waals surface area contributed by atoms with Gasteiger partial charge in [0, 0.05) is 0 Å². The summed E-state index contributed by atoms with van der Waals surface area (Å²) in [4.78, 5) is 33.5. The van der Waals surface area contributed by atoms with E-state index in [4.69, 9.17) is 13.9 Å². The molecule has 3 aromatic rings. The molecule has 8 nitrogen and oxygen atoms in total. The largest absolute Gasteiger partial charge is 0.462 e. The van der Waals surface area contributed by atoms with Gasteiger partial charge in [-0.3, -0.25) is 4.98 Å². The quantitative estimate of drug-likeness (QED) is 0.657. The van der Waals surface area contributed by atoms with Gasteiger partial charge in [-0.05, 0) is 32.9 Å². The van der Waals surface area contributed by atoms with Gasteiger partial charge < -0.3 is 19.2 Å². The Balaban J connectivity index is 2.03. The molecule has 0 unspecified atom stereocenters. The third-order valence-corrected chi connectivity index (χ3v) is 3.73. The first-order chi connectivity index (χ1) is 13.0. The first-order valence-corrected chi connectivity index (χ1v) is 8.51. The van der Waals surface area contributed by atoms with Crippen LogP contribution in [0.25, 0.3) is 11.0 Å². The second-order valence-electron chi connectivity index (χ2n) is 5.55. The molecule has 1 N–H and O–H groups in total. The molecule has 0 saturated carbocycles. The summed E-state index contributed by atoms with van der Waals surface area (Å²) in [7, 11) is 0. The van der Waals surface area contributed by atoms with Crippen LogP contribution in [0.15, 0.2) is 34.9 Å². The predicted octanol–water partition coefficient (Wildman–Crippen LogP) is 3.63. The lowest BCUT2D eigenvalue weighted by Crippen LogP contribution is -2.14. The molecule has 27 heavy (non-hydrogen) atoms. The van der Waals surface area contributed by atoms with Gasteiger partial charge in [0.2, 0.25) is 5.88 Å². The molecule has 0 spiro atoms. The summed E-state index contributed by atoms with van der Waals surface area (Å²) in [5.41, 5.74) is 1.42. The number of nitrogens with zero attached hydrogens (tertiary/aromatic N) is 2. The van der Waals surface area contributed by atoms with Crippen LogP contribution in [0.3, 0.4) is 0 Å². The summed E-state index contributed by atoms with van der Waals surface area (Å²) >= 11 is 0. The van der Waals surface area contributed by atoms with Gasteiger partial charge in [-0.15, -0.1) is 0 Å². The van der Waals surface area contributed by atoms with Crippen molar-refractivity contribution in [3.05, 3.63) is 47.3 Å². The maximum Gasteiger partial charge on any atom is 0.344 e. The van der Waals surface area contributed by atoms with E-state index in [0.717, 1.165) is 5.52 Å². The number of furan rings is 1. The lowest BCUT2D eigenvalue weighted by atomic mass is 10.1. The lowest BCUT2D eigenvalue weighted by molar-refractivity contribution is 0.0480. The van der Waals surface area contributed by atoms with Crippen molar-refractivity contribution in [3.8, 4) is 0 Å². The van der Waals surface area contributed by atoms with Gasteiger partial charge in [0.15, 0.2) is 5.82 Å². The maximum absolute atomic E-state index is 12.4. The number of hydrogen-bond donors (Lipinski definition) is 1. The minimum Gasteiger partial charge on any atom is -0.462 e. The SMILES string of the molecule is CCOC(=O)c1c(C)oc(Nc2cnc3ccccc3n2)c1C(=O)OCC. The van der Waals surface area contributed by atoms with Crippen LogP contribution in [-0.4, -0.2) is 35.1 Å². The Morgan fingerprint density at radius 2 is 1.67 bits per heavy atom. The monoisotopic (exact) mass is 369 g/mol. The standard InChI is InChI=1S/C19H19N3O5/c1-4-25-18(23)15-11(3)27-17(16(15)19(24)26-5-2)22-14-10-20-12-8-6-7-9-13(12)21-14/h6-10H,4-5H2,1-3H3,(H,21,22). The van der Waals surface area contributed by atoms with Crippen molar-refractivity contribution in [3.63, 3.8) is 0 Å². The molecule has 0 fully saturated rings. The molecule has 0 aliphatic rings. The van der Waals surface area contributed by atoms with Crippen LogP contribution in [0.4, 0.5) is 11.7 Å². The predicted molar refractivity (Wildman–Crippen MR) is 98.2 cm³/mol. The molecule has 0 amide bonds. The Morgan fingerprint density at radius 1 is 1.04 bits per heavy atom. The summed E-state index contributed by atoms with van der Waals surface area (Å²) in [6.45, 7) is 5.26. The van der Waals surface area contributed by atoms with Gasteiger partial charge in [-0.1, -0.05) is 12.1 Å². The number of ether oxygens (including phenoxy) is 2. The molecule has 1 aromatic carbocycles. The van der Waals surface area contributed by atoms with Gasteiger partial charge >= 0.3 is 11.9 Å². The zero-order valence-corrected chi connectivity index (χ0v) is 15.2. The molecule has 8 heteroatoms. The van der Waals surface area contributed by atoms with E-state index in [-0.39, 0.29) is 36.0 Å². The van der Waals surface area contributed by atoms with Crippen molar-refractivity contribution in [2.45, 2.75) is 20.8 Å². The Bertz CT molecular complexity index is 996. The molecule has 0 atom stereocenters. The van der Waals surface area contributed by atoms with Gasteiger partial charge in [-0.2, -0.15) is 0 Å². The fraction of sp³-hybridized carbons (Fsp3) is 0.263. The molecule has 140 valence electrons. The van der Waals surface area contributed by atoms with Gasteiger partial charge in [0.05, 0.1) is 30.4 Å². The maximum atomic E-state index is 12.4. The number of aromatic nitrogens is 2. The minimum absolute atomic E-state index is 0.0252. The topological polar surface area (TPSA) is 104 Å². The van der Waals surface area contributed by atoms with Crippen molar-refractivity contribution >= 4 is 34.7 Å². The normalized spacial score (nSPS) is 10.6. The molecule has 0 aliphatic carbocycles. The van der Waals surface area contributed by atoms with E-state index in [0.29, 0.717) is 11.3 Å². The number of benzene rings is 1. The molecule has 0 radical (unpaired) electrons. The van der Waals surface area contributed by atoms with Crippen molar-refractivity contribution in [1.29, 1.82) is 0 Å². The summed E-state index contributed by atoms with van der Waals surface area (Å²) in [6.07, 6.45) is 1.51. The number of anilines is 2. The van der Waals surface area contributed by atoms with E-state index in [9.17, 15) is 9.59 Å². The number of esters is 2. The fourth-order valence-corrected chi connectivity index (χ4v) is 2.61. The van der Waals surface area contributed by atoms with Crippen LogP contribution in [0, 0.1) is 6.92 Å². The van der Waals surface area contributed by atoms with Crippen LogP contribution in [0.5, 0.6) is 0 Å². The molecule has 0 saturated heterocycles. The van der Waals surface area contributed by atoms with Crippen LogP contribution < -0.4 is 5.32 Å². The van der Waals surface area contributed by atoms with Crippen molar-refractivity contribution < 1.29 is 23.5 Å². The van der Waals surface area contributed by atoms with E-state index in [1.807, 2.05) is 24.3 Å². The number of nitrogens with one attached hydrogen (secondary N) is 1. The summed E-state index contributed by atoms with van der Waals surface area (Å²) in [6, 6.07) is 7.37. The second kappa shape index (κ2) is 7.86. The molecule has 2 heterocycles. The number of para-hydroxylation sites is 2. The molecule has 0 aliphatic heterocycles. The Morgan fingerprint density at radius 3 is 2.33 bits per heavy atom.